The van der Waals surface area contributed by atoms with Crippen molar-refractivity contribution in [2.45, 2.75) is 116 Å². The van der Waals surface area contributed by atoms with Gasteiger partial charge in [-0.2, -0.15) is 8.42 Å². The molecule has 1 aliphatic rings. The van der Waals surface area contributed by atoms with Crippen LogP contribution >= 0.6 is 0 Å². The molecule has 1 saturated heterocycles. The van der Waals surface area contributed by atoms with Crippen molar-refractivity contribution >= 4 is 10.1 Å². The van der Waals surface area contributed by atoms with Crippen molar-refractivity contribution in [3.63, 3.8) is 0 Å². The van der Waals surface area contributed by atoms with Gasteiger partial charge in [-0.15, -0.1) is 0 Å². The summed E-state index contributed by atoms with van der Waals surface area (Å²) in [5, 5.41) is 0. The van der Waals surface area contributed by atoms with E-state index in [1.807, 2.05) is 0 Å². The Morgan fingerprint density at radius 2 is 1.35 bits per heavy atom. The van der Waals surface area contributed by atoms with E-state index in [1.54, 1.807) is 0 Å². The molecule has 0 aliphatic carbocycles. The van der Waals surface area contributed by atoms with E-state index in [0.717, 1.165) is 6.04 Å². The Morgan fingerprint density at radius 1 is 0.846 bits per heavy atom. The molecule has 0 aromatic carbocycles. The fraction of sp³-hybridized carbons (Fsp3) is 1.00. The fourth-order valence-corrected chi connectivity index (χ4v) is 3.75. The van der Waals surface area contributed by atoms with Gasteiger partial charge in [-0.1, -0.05) is 84.5 Å². The molecular formula is C21H45NO3S. The number of unbranched alkanes of at least 4 members (excludes halogenated alkanes) is 9. The Balaban J connectivity index is 0.00000110. The van der Waals surface area contributed by atoms with Crippen LogP contribution in [0, 0.1) is 0 Å². The normalized spacial score (nSPS) is 18.4. The molecule has 26 heavy (non-hydrogen) atoms. The highest BCUT2D eigenvalue weighted by Gasteiger charge is 2.20. The first-order chi connectivity index (χ1) is 12.4. The molecule has 1 fully saturated rings. The minimum atomic E-state index is -3.67. The third kappa shape index (κ3) is 18.7. The molecule has 1 unspecified atom stereocenters. The lowest BCUT2D eigenvalue weighted by Gasteiger charge is -2.36. The molecule has 1 aliphatic heterocycles. The molecule has 1 heterocycles. The van der Waals surface area contributed by atoms with Crippen LogP contribution in [0.1, 0.15) is 110 Å². The SMILES string of the molecule is CCCCCCCCCCCN1CCCCC1CCCC.CS(=O)(=O)O. The van der Waals surface area contributed by atoms with Crippen molar-refractivity contribution in [3.8, 4) is 0 Å². The van der Waals surface area contributed by atoms with Gasteiger partial charge in [-0.25, -0.2) is 0 Å². The highest BCUT2D eigenvalue weighted by atomic mass is 32.2. The van der Waals surface area contributed by atoms with Crippen LogP contribution in [0.5, 0.6) is 0 Å². The van der Waals surface area contributed by atoms with Gasteiger partial charge in [0.2, 0.25) is 0 Å². The van der Waals surface area contributed by atoms with Crippen molar-refractivity contribution < 1.29 is 13.0 Å². The molecule has 1 rings (SSSR count). The monoisotopic (exact) mass is 391 g/mol. The van der Waals surface area contributed by atoms with E-state index in [9.17, 15) is 8.42 Å². The lowest BCUT2D eigenvalue weighted by Crippen LogP contribution is -2.40. The second kappa shape index (κ2) is 17.0. The highest BCUT2D eigenvalue weighted by molar-refractivity contribution is 7.85. The van der Waals surface area contributed by atoms with E-state index in [0.29, 0.717) is 6.26 Å². The first-order valence-electron chi connectivity index (χ1n) is 11.0. The van der Waals surface area contributed by atoms with Crippen LogP contribution in [0.2, 0.25) is 0 Å². The lowest BCUT2D eigenvalue weighted by molar-refractivity contribution is 0.135. The van der Waals surface area contributed by atoms with E-state index >= 15 is 0 Å². The maximum absolute atomic E-state index is 9.19. The van der Waals surface area contributed by atoms with Crippen LogP contribution in [0.4, 0.5) is 0 Å². The number of piperidine rings is 1. The molecule has 5 heteroatoms. The Morgan fingerprint density at radius 3 is 1.88 bits per heavy atom. The van der Waals surface area contributed by atoms with Gasteiger partial charge in [0.1, 0.15) is 0 Å². The maximum atomic E-state index is 9.19. The van der Waals surface area contributed by atoms with Gasteiger partial charge in [0.25, 0.3) is 10.1 Å². The van der Waals surface area contributed by atoms with Crippen LogP contribution in [0.15, 0.2) is 0 Å². The average Bonchev–Trinajstić information content (AvgIpc) is 2.58. The lowest BCUT2D eigenvalue weighted by atomic mass is 9.97. The maximum Gasteiger partial charge on any atom is 0.261 e. The molecule has 1 N–H and O–H groups in total. The molecule has 4 nitrogen and oxygen atoms in total. The fourth-order valence-electron chi connectivity index (χ4n) is 3.75. The van der Waals surface area contributed by atoms with Gasteiger partial charge in [-0.05, 0) is 38.8 Å². The Bertz CT molecular complexity index is 390. The van der Waals surface area contributed by atoms with Crippen LogP contribution in [0.3, 0.4) is 0 Å². The zero-order valence-electron chi connectivity index (χ0n) is 17.7. The number of likely N-dealkylation sites (tertiary alicyclic amines) is 1. The molecule has 0 spiro atoms. The van der Waals surface area contributed by atoms with Gasteiger partial charge in [0.15, 0.2) is 0 Å². The van der Waals surface area contributed by atoms with Crippen molar-refractivity contribution in [3.05, 3.63) is 0 Å². The molecule has 0 saturated carbocycles. The minimum Gasteiger partial charge on any atom is -0.300 e. The van der Waals surface area contributed by atoms with Crippen molar-refractivity contribution in [1.82, 2.24) is 4.90 Å². The molecule has 0 aromatic rings. The van der Waals surface area contributed by atoms with Crippen LogP contribution < -0.4 is 0 Å². The number of hydrogen-bond acceptors (Lipinski definition) is 3. The number of rotatable bonds is 13. The standard InChI is InChI=1S/C20H41N.CH4O3S/c1-3-5-7-8-9-10-11-12-14-18-21-19-15-13-17-20(21)16-6-4-2;1-5(2,3)4/h20H,3-19H2,1-2H3;1H3,(H,2,3,4). The largest absolute Gasteiger partial charge is 0.300 e. The second-order valence-corrected chi connectivity index (χ2v) is 9.36. The second-order valence-electron chi connectivity index (χ2n) is 7.89. The first kappa shape index (κ1) is 25.9. The van der Waals surface area contributed by atoms with E-state index in [-0.39, 0.29) is 0 Å². The van der Waals surface area contributed by atoms with Crippen LogP contribution in [-0.2, 0) is 10.1 Å². The minimum absolute atomic E-state index is 0.715. The number of nitrogens with zero attached hydrogens (tertiary/aromatic N) is 1. The Kier molecular flexibility index (Phi) is 16.9. The highest BCUT2D eigenvalue weighted by Crippen LogP contribution is 2.22. The summed E-state index contributed by atoms with van der Waals surface area (Å²) in [6.45, 7) is 7.39. The molecule has 1 atom stereocenters. The average molecular weight is 392 g/mol. The summed E-state index contributed by atoms with van der Waals surface area (Å²) in [4.78, 5) is 2.82. The summed E-state index contributed by atoms with van der Waals surface area (Å²) in [5.74, 6) is 0. The zero-order chi connectivity index (χ0) is 19.7. The van der Waals surface area contributed by atoms with Crippen molar-refractivity contribution in [2.24, 2.45) is 0 Å². The first-order valence-corrected chi connectivity index (χ1v) is 12.9. The molecule has 0 aromatic heterocycles. The van der Waals surface area contributed by atoms with Gasteiger partial charge >= 0.3 is 0 Å². The van der Waals surface area contributed by atoms with E-state index < -0.39 is 10.1 Å². The topological polar surface area (TPSA) is 57.6 Å². The smallest absolute Gasteiger partial charge is 0.261 e. The third-order valence-corrected chi connectivity index (χ3v) is 5.19. The number of hydrogen-bond donors (Lipinski definition) is 1. The van der Waals surface area contributed by atoms with Gasteiger partial charge in [0.05, 0.1) is 6.26 Å². The van der Waals surface area contributed by atoms with Gasteiger partial charge in [0, 0.05) is 6.04 Å². The molecule has 0 bridgehead atoms. The van der Waals surface area contributed by atoms with Crippen molar-refractivity contribution in [2.75, 3.05) is 19.3 Å². The van der Waals surface area contributed by atoms with Gasteiger partial charge in [-0.3, -0.25) is 4.55 Å². The quantitative estimate of drug-likeness (QED) is 0.306. The van der Waals surface area contributed by atoms with Gasteiger partial charge < -0.3 is 4.90 Å². The molecule has 158 valence electrons. The summed E-state index contributed by atoms with van der Waals surface area (Å²) >= 11 is 0. The molecule has 0 radical (unpaired) electrons. The summed E-state index contributed by atoms with van der Waals surface area (Å²) in [6.07, 6.45) is 22.4. The summed E-state index contributed by atoms with van der Waals surface area (Å²) in [7, 11) is -3.67. The third-order valence-electron chi connectivity index (χ3n) is 5.19. The zero-order valence-corrected chi connectivity index (χ0v) is 18.5. The summed E-state index contributed by atoms with van der Waals surface area (Å²) < 4.78 is 25.9. The van der Waals surface area contributed by atoms with Crippen LogP contribution in [0.25, 0.3) is 0 Å². The van der Waals surface area contributed by atoms with Crippen LogP contribution in [-0.4, -0.2) is 43.3 Å². The van der Waals surface area contributed by atoms with E-state index in [2.05, 4.69) is 18.7 Å². The Hall–Kier alpha value is -0.130. The van der Waals surface area contributed by atoms with E-state index in [1.165, 1.54) is 109 Å². The predicted octanol–water partition coefficient (Wildman–Crippen LogP) is 6.07. The van der Waals surface area contributed by atoms with E-state index in [4.69, 9.17) is 4.55 Å². The predicted molar refractivity (Wildman–Crippen MR) is 113 cm³/mol. The summed E-state index contributed by atoms with van der Waals surface area (Å²) in [5.41, 5.74) is 0. The van der Waals surface area contributed by atoms with Crippen molar-refractivity contribution in [1.29, 1.82) is 0 Å². The Labute approximate surface area is 163 Å². The molecular weight excluding hydrogens is 346 g/mol. The molecule has 0 amide bonds. The summed E-state index contributed by atoms with van der Waals surface area (Å²) in [6, 6.07) is 0.924.